The normalized spacial score (nSPS) is 22.4. The molecule has 0 bridgehead atoms. The fourth-order valence-electron chi connectivity index (χ4n) is 2.25. The fraction of sp³-hybridized carbons (Fsp3) is 0.462. The molecule has 1 amide bonds. The van der Waals surface area contributed by atoms with Crippen LogP contribution in [0.1, 0.15) is 28.8 Å². The van der Waals surface area contributed by atoms with Crippen molar-refractivity contribution < 1.29 is 14.3 Å². The molecule has 0 spiro atoms. The molecular formula is C13H15NO3. The first-order chi connectivity index (χ1) is 8.33. The molecular weight excluding hydrogens is 218 g/mol. The largest absolute Gasteiger partial charge is 0.491 e. The molecule has 4 heteroatoms. The Morgan fingerprint density at radius 3 is 3.24 bits per heavy atom. The summed E-state index contributed by atoms with van der Waals surface area (Å²) in [6.45, 7) is 2.03. The Labute approximate surface area is 99.9 Å². The first kappa shape index (κ1) is 10.6. The van der Waals surface area contributed by atoms with Crippen molar-refractivity contribution in [3.05, 3.63) is 29.3 Å². The standard InChI is InChI=1S/C13H15NO3/c15-13-12-6-10(4-3-9(12)7-14-13)17-8-11-2-1-5-16-11/h3-4,6,11H,1-2,5,7-8H2,(H,14,15). The van der Waals surface area contributed by atoms with Gasteiger partial charge in [0.05, 0.1) is 6.10 Å². The van der Waals surface area contributed by atoms with E-state index in [2.05, 4.69) is 5.32 Å². The number of fused-ring (bicyclic) bond motifs is 1. The van der Waals surface area contributed by atoms with Gasteiger partial charge < -0.3 is 14.8 Å². The maximum absolute atomic E-state index is 11.5. The van der Waals surface area contributed by atoms with Crippen LogP contribution in [0.15, 0.2) is 18.2 Å². The van der Waals surface area contributed by atoms with Crippen LogP contribution >= 0.6 is 0 Å². The van der Waals surface area contributed by atoms with Crippen LogP contribution in [-0.4, -0.2) is 25.2 Å². The lowest BCUT2D eigenvalue weighted by Gasteiger charge is -2.11. The quantitative estimate of drug-likeness (QED) is 0.860. The van der Waals surface area contributed by atoms with E-state index in [4.69, 9.17) is 9.47 Å². The molecule has 1 fully saturated rings. The zero-order valence-electron chi connectivity index (χ0n) is 9.57. The van der Waals surface area contributed by atoms with Gasteiger partial charge in [0.1, 0.15) is 12.4 Å². The van der Waals surface area contributed by atoms with Crippen LogP contribution in [0, 0.1) is 0 Å². The molecule has 0 aliphatic carbocycles. The van der Waals surface area contributed by atoms with E-state index in [1.165, 1.54) is 0 Å². The third-order valence-corrected chi connectivity index (χ3v) is 3.23. The van der Waals surface area contributed by atoms with Gasteiger partial charge in [-0.3, -0.25) is 4.79 Å². The lowest BCUT2D eigenvalue weighted by Crippen LogP contribution is -2.16. The molecule has 1 N–H and O–H groups in total. The smallest absolute Gasteiger partial charge is 0.252 e. The zero-order valence-corrected chi connectivity index (χ0v) is 9.57. The topological polar surface area (TPSA) is 47.6 Å². The Bertz CT molecular complexity index is 438. The number of hydrogen-bond acceptors (Lipinski definition) is 3. The minimum atomic E-state index is -0.0115. The monoisotopic (exact) mass is 233 g/mol. The molecule has 1 unspecified atom stereocenters. The maximum atomic E-state index is 11.5. The van der Waals surface area contributed by atoms with Crippen molar-refractivity contribution in [2.75, 3.05) is 13.2 Å². The van der Waals surface area contributed by atoms with Crippen molar-refractivity contribution in [1.82, 2.24) is 5.32 Å². The molecule has 1 aromatic carbocycles. The van der Waals surface area contributed by atoms with Crippen LogP contribution < -0.4 is 10.1 Å². The zero-order chi connectivity index (χ0) is 11.7. The molecule has 90 valence electrons. The van der Waals surface area contributed by atoms with Gasteiger partial charge in [0.2, 0.25) is 0 Å². The van der Waals surface area contributed by atoms with E-state index in [9.17, 15) is 4.79 Å². The van der Waals surface area contributed by atoms with Crippen molar-refractivity contribution in [1.29, 1.82) is 0 Å². The van der Waals surface area contributed by atoms with Crippen molar-refractivity contribution in [3.8, 4) is 5.75 Å². The Hall–Kier alpha value is -1.55. The van der Waals surface area contributed by atoms with E-state index in [-0.39, 0.29) is 12.0 Å². The Kier molecular flexibility index (Phi) is 2.73. The Morgan fingerprint density at radius 2 is 2.41 bits per heavy atom. The number of carbonyl (C=O) groups is 1. The van der Waals surface area contributed by atoms with Crippen molar-refractivity contribution in [3.63, 3.8) is 0 Å². The van der Waals surface area contributed by atoms with E-state index in [1.807, 2.05) is 18.2 Å². The van der Waals surface area contributed by atoms with Crippen LogP contribution in [0.2, 0.25) is 0 Å². The number of amides is 1. The summed E-state index contributed by atoms with van der Waals surface area (Å²) in [6.07, 6.45) is 2.38. The van der Waals surface area contributed by atoms with Crippen LogP contribution in [-0.2, 0) is 11.3 Å². The van der Waals surface area contributed by atoms with Gasteiger partial charge >= 0.3 is 0 Å². The van der Waals surface area contributed by atoms with Crippen LogP contribution in [0.5, 0.6) is 5.75 Å². The molecule has 0 saturated carbocycles. The van der Waals surface area contributed by atoms with E-state index in [0.29, 0.717) is 13.2 Å². The molecule has 1 atom stereocenters. The van der Waals surface area contributed by atoms with E-state index in [0.717, 1.165) is 36.3 Å². The molecule has 17 heavy (non-hydrogen) atoms. The first-order valence-electron chi connectivity index (χ1n) is 5.98. The highest BCUT2D eigenvalue weighted by Gasteiger charge is 2.20. The van der Waals surface area contributed by atoms with E-state index in [1.54, 1.807) is 0 Å². The minimum absolute atomic E-state index is 0.0115. The number of hydrogen-bond donors (Lipinski definition) is 1. The molecule has 2 heterocycles. The summed E-state index contributed by atoms with van der Waals surface area (Å²) >= 11 is 0. The molecule has 0 aromatic heterocycles. The predicted molar refractivity (Wildman–Crippen MR) is 62.1 cm³/mol. The van der Waals surface area contributed by atoms with Gasteiger partial charge in [-0.1, -0.05) is 6.07 Å². The average Bonchev–Trinajstić information content (AvgIpc) is 2.97. The predicted octanol–water partition coefficient (Wildman–Crippen LogP) is 1.49. The third kappa shape index (κ3) is 2.13. The fourth-order valence-corrected chi connectivity index (χ4v) is 2.25. The number of rotatable bonds is 3. The second-order valence-corrected chi connectivity index (χ2v) is 4.45. The lowest BCUT2D eigenvalue weighted by atomic mass is 10.1. The first-order valence-corrected chi connectivity index (χ1v) is 5.98. The van der Waals surface area contributed by atoms with Crippen LogP contribution in [0.3, 0.4) is 0 Å². The Morgan fingerprint density at radius 1 is 1.47 bits per heavy atom. The van der Waals surface area contributed by atoms with Gasteiger partial charge in [0.15, 0.2) is 0 Å². The second-order valence-electron chi connectivity index (χ2n) is 4.45. The Balaban J connectivity index is 1.67. The number of benzene rings is 1. The van der Waals surface area contributed by atoms with Gasteiger partial charge in [0.25, 0.3) is 5.91 Å². The summed E-state index contributed by atoms with van der Waals surface area (Å²) < 4.78 is 11.1. The SMILES string of the molecule is O=C1NCc2ccc(OCC3CCCO3)cc21. The summed E-state index contributed by atoms with van der Waals surface area (Å²) in [4.78, 5) is 11.5. The molecule has 1 aromatic rings. The summed E-state index contributed by atoms with van der Waals surface area (Å²) in [7, 11) is 0. The van der Waals surface area contributed by atoms with Crippen LogP contribution in [0.25, 0.3) is 0 Å². The van der Waals surface area contributed by atoms with E-state index >= 15 is 0 Å². The number of nitrogens with one attached hydrogen (secondary N) is 1. The van der Waals surface area contributed by atoms with Gasteiger partial charge in [-0.15, -0.1) is 0 Å². The highest BCUT2D eigenvalue weighted by molar-refractivity contribution is 5.98. The van der Waals surface area contributed by atoms with Crippen LogP contribution in [0.4, 0.5) is 0 Å². The number of ether oxygens (including phenoxy) is 2. The molecule has 4 nitrogen and oxygen atoms in total. The summed E-state index contributed by atoms with van der Waals surface area (Å²) in [5, 5.41) is 2.79. The number of carbonyl (C=O) groups excluding carboxylic acids is 1. The summed E-state index contributed by atoms with van der Waals surface area (Å²) in [5.74, 6) is 0.735. The van der Waals surface area contributed by atoms with Crippen molar-refractivity contribution in [2.24, 2.45) is 0 Å². The van der Waals surface area contributed by atoms with Gasteiger partial charge in [-0.25, -0.2) is 0 Å². The second kappa shape index (κ2) is 4.37. The van der Waals surface area contributed by atoms with E-state index < -0.39 is 0 Å². The average molecular weight is 233 g/mol. The summed E-state index contributed by atoms with van der Waals surface area (Å²) in [6, 6.07) is 5.67. The molecule has 2 aliphatic heterocycles. The molecule has 3 rings (SSSR count). The molecule has 2 aliphatic rings. The van der Waals surface area contributed by atoms with Gasteiger partial charge in [0, 0.05) is 18.7 Å². The van der Waals surface area contributed by atoms with Crippen molar-refractivity contribution >= 4 is 5.91 Å². The maximum Gasteiger partial charge on any atom is 0.252 e. The van der Waals surface area contributed by atoms with Gasteiger partial charge in [-0.05, 0) is 30.5 Å². The molecule has 1 saturated heterocycles. The third-order valence-electron chi connectivity index (χ3n) is 3.23. The lowest BCUT2D eigenvalue weighted by molar-refractivity contribution is 0.0679. The van der Waals surface area contributed by atoms with Gasteiger partial charge in [-0.2, -0.15) is 0 Å². The highest BCUT2D eigenvalue weighted by atomic mass is 16.5. The highest BCUT2D eigenvalue weighted by Crippen LogP contribution is 2.22. The summed E-state index contributed by atoms with van der Waals surface area (Å²) in [5.41, 5.74) is 1.77. The van der Waals surface area contributed by atoms with Crippen molar-refractivity contribution in [2.45, 2.75) is 25.5 Å². The minimum Gasteiger partial charge on any atom is -0.491 e. The molecule has 0 radical (unpaired) electrons.